The maximum absolute atomic E-state index is 10.4. The number of carbonyl (C=O) groups is 3. The Kier molecular flexibility index (Phi) is 6.44. The lowest BCUT2D eigenvalue weighted by molar-refractivity contribution is -0.134. The Morgan fingerprint density at radius 1 is 1.24 bits per heavy atom. The molecule has 0 aromatic carbocycles. The van der Waals surface area contributed by atoms with E-state index in [1.165, 1.54) is 4.90 Å². The molecule has 1 heterocycles. The molecule has 0 aliphatic carbocycles. The normalized spacial score (nSPS) is 13.1. The van der Waals surface area contributed by atoms with E-state index in [0.29, 0.717) is 18.8 Å². The van der Waals surface area contributed by atoms with Crippen LogP contribution in [-0.4, -0.2) is 46.0 Å². The SMILES string of the molecule is NC(=O)N1C=CC=NC1.O=C(O)/C=C/C(=O)O. The molecule has 8 nitrogen and oxygen atoms in total. The van der Waals surface area contributed by atoms with Crippen LogP contribution in [0.1, 0.15) is 0 Å². The Morgan fingerprint density at radius 3 is 2.00 bits per heavy atom. The smallest absolute Gasteiger partial charge is 0.328 e. The Balaban J connectivity index is 0.000000304. The molecule has 0 saturated carbocycles. The maximum atomic E-state index is 10.4. The quantitative estimate of drug-likeness (QED) is 0.567. The topological polar surface area (TPSA) is 133 Å². The molecule has 0 aromatic heterocycles. The third-order valence-corrected chi connectivity index (χ3v) is 1.34. The molecule has 4 N–H and O–H groups in total. The highest BCUT2D eigenvalue weighted by Gasteiger charge is 2.03. The number of rotatable bonds is 2. The van der Waals surface area contributed by atoms with E-state index in [1.54, 1.807) is 18.5 Å². The number of carboxylic acid groups (broad SMARTS) is 2. The number of primary amides is 1. The van der Waals surface area contributed by atoms with Crippen molar-refractivity contribution in [2.75, 3.05) is 6.67 Å². The molecule has 0 saturated heterocycles. The van der Waals surface area contributed by atoms with E-state index in [-0.39, 0.29) is 0 Å². The zero-order valence-corrected chi connectivity index (χ0v) is 8.68. The van der Waals surface area contributed by atoms with Gasteiger partial charge in [-0.25, -0.2) is 14.4 Å². The second kappa shape index (κ2) is 7.63. The molecule has 8 heteroatoms. The minimum absolute atomic E-state index is 0.339. The van der Waals surface area contributed by atoms with Crippen LogP contribution in [0.4, 0.5) is 4.79 Å². The molecule has 0 aromatic rings. The zero-order valence-electron chi connectivity index (χ0n) is 8.68. The van der Waals surface area contributed by atoms with Gasteiger partial charge in [0.15, 0.2) is 0 Å². The fourth-order valence-electron chi connectivity index (χ4n) is 0.671. The van der Waals surface area contributed by atoms with Crippen molar-refractivity contribution >= 4 is 24.2 Å². The number of carboxylic acids is 2. The van der Waals surface area contributed by atoms with Crippen LogP contribution in [0.25, 0.3) is 0 Å². The Hall–Kier alpha value is -2.64. The van der Waals surface area contributed by atoms with Gasteiger partial charge in [-0.3, -0.25) is 9.89 Å². The second-order valence-corrected chi connectivity index (χ2v) is 2.63. The third kappa shape index (κ3) is 8.36. The van der Waals surface area contributed by atoms with Crippen molar-refractivity contribution in [3.63, 3.8) is 0 Å². The van der Waals surface area contributed by atoms with Crippen LogP contribution in [0.15, 0.2) is 29.4 Å². The van der Waals surface area contributed by atoms with E-state index in [0.717, 1.165) is 0 Å². The van der Waals surface area contributed by atoms with Crippen LogP contribution in [0.5, 0.6) is 0 Å². The Morgan fingerprint density at radius 2 is 1.76 bits per heavy atom. The molecular formula is C9H11N3O5. The number of nitrogens with two attached hydrogens (primary N) is 1. The average Bonchev–Trinajstić information content (AvgIpc) is 2.28. The molecule has 2 amide bonds. The van der Waals surface area contributed by atoms with Crippen molar-refractivity contribution in [2.45, 2.75) is 0 Å². The number of amides is 2. The molecular weight excluding hydrogens is 230 g/mol. The zero-order chi connectivity index (χ0) is 13.3. The first-order valence-electron chi connectivity index (χ1n) is 4.30. The molecule has 0 bridgehead atoms. The maximum Gasteiger partial charge on any atom is 0.328 e. The average molecular weight is 241 g/mol. The van der Waals surface area contributed by atoms with Crippen LogP contribution >= 0.6 is 0 Å². The van der Waals surface area contributed by atoms with Crippen LogP contribution in [0, 0.1) is 0 Å². The Bertz CT molecular complexity index is 370. The highest BCUT2D eigenvalue weighted by Crippen LogP contribution is 1.92. The van der Waals surface area contributed by atoms with E-state index >= 15 is 0 Å². The van der Waals surface area contributed by atoms with E-state index in [4.69, 9.17) is 15.9 Å². The first kappa shape index (κ1) is 14.4. The highest BCUT2D eigenvalue weighted by molar-refractivity contribution is 5.89. The van der Waals surface area contributed by atoms with Crippen molar-refractivity contribution in [2.24, 2.45) is 10.7 Å². The molecule has 92 valence electrons. The van der Waals surface area contributed by atoms with E-state index in [1.807, 2.05) is 0 Å². The number of hydrogen-bond donors (Lipinski definition) is 3. The number of allylic oxidation sites excluding steroid dienone is 1. The lowest BCUT2D eigenvalue weighted by Gasteiger charge is -2.13. The largest absolute Gasteiger partial charge is 0.478 e. The van der Waals surface area contributed by atoms with Gasteiger partial charge in [-0.15, -0.1) is 0 Å². The lowest BCUT2D eigenvalue weighted by Crippen LogP contribution is -2.32. The van der Waals surface area contributed by atoms with Gasteiger partial charge in [0.1, 0.15) is 6.67 Å². The summed E-state index contributed by atoms with van der Waals surface area (Å²) in [5.74, 6) is -2.51. The number of aliphatic imine (C=N–C) groups is 1. The van der Waals surface area contributed by atoms with Crippen molar-refractivity contribution in [3.05, 3.63) is 24.4 Å². The molecule has 0 spiro atoms. The minimum atomic E-state index is -1.26. The summed E-state index contributed by atoms with van der Waals surface area (Å²) in [5.41, 5.74) is 4.93. The molecule has 17 heavy (non-hydrogen) atoms. The monoisotopic (exact) mass is 241 g/mol. The molecule has 0 fully saturated rings. The Labute approximate surface area is 96.3 Å². The van der Waals surface area contributed by atoms with Crippen LogP contribution < -0.4 is 5.73 Å². The van der Waals surface area contributed by atoms with Crippen LogP contribution in [0.2, 0.25) is 0 Å². The molecule has 1 rings (SSSR count). The van der Waals surface area contributed by atoms with Gasteiger partial charge in [0.05, 0.1) is 0 Å². The van der Waals surface area contributed by atoms with Crippen LogP contribution in [0.3, 0.4) is 0 Å². The van der Waals surface area contributed by atoms with Crippen molar-refractivity contribution < 1.29 is 24.6 Å². The second-order valence-electron chi connectivity index (χ2n) is 2.63. The van der Waals surface area contributed by atoms with Crippen LogP contribution in [-0.2, 0) is 9.59 Å². The first-order chi connectivity index (χ1) is 7.93. The summed E-state index contributed by atoms with van der Waals surface area (Å²) in [7, 11) is 0. The van der Waals surface area contributed by atoms with Crippen molar-refractivity contribution in [1.82, 2.24) is 4.90 Å². The predicted octanol–water partition coefficient (Wildman–Crippen LogP) is -0.366. The predicted molar refractivity (Wildman–Crippen MR) is 58.3 cm³/mol. The third-order valence-electron chi connectivity index (χ3n) is 1.34. The van der Waals surface area contributed by atoms with E-state index < -0.39 is 18.0 Å². The van der Waals surface area contributed by atoms with Gasteiger partial charge in [0, 0.05) is 24.6 Å². The first-order valence-corrected chi connectivity index (χ1v) is 4.30. The van der Waals surface area contributed by atoms with Gasteiger partial charge in [-0.2, -0.15) is 0 Å². The van der Waals surface area contributed by atoms with E-state index in [9.17, 15) is 14.4 Å². The van der Waals surface area contributed by atoms with Crippen molar-refractivity contribution in [1.29, 1.82) is 0 Å². The standard InChI is InChI=1S/C5H7N3O.C4H4O4/c6-5(9)8-3-1-2-7-4-8;5-3(6)1-2-4(7)8/h1-3H,4H2,(H2,6,9);1-2H,(H,5,6)(H,7,8)/b;2-1+. The fraction of sp³-hybridized carbons (Fsp3) is 0.111. The minimum Gasteiger partial charge on any atom is -0.478 e. The number of nitrogens with zero attached hydrogens (tertiary/aromatic N) is 2. The number of carbonyl (C=O) groups excluding carboxylic acids is 1. The lowest BCUT2D eigenvalue weighted by atomic mass is 10.5. The molecule has 1 aliphatic heterocycles. The van der Waals surface area contributed by atoms with Gasteiger partial charge in [0.25, 0.3) is 0 Å². The summed E-state index contributed by atoms with van der Waals surface area (Å²) in [4.78, 5) is 34.6. The molecule has 0 atom stereocenters. The summed E-state index contributed by atoms with van der Waals surface area (Å²) in [5, 5.41) is 15.6. The number of hydrogen-bond acceptors (Lipinski definition) is 4. The fourth-order valence-corrected chi connectivity index (χ4v) is 0.671. The van der Waals surface area contributed by atoms with Gasteiger partial charge in [0.2, 0.25) is 0 Å². The van der Waals surface area contributed by atoms with Gasteiger partial charge < -0.3 is 15.9 Å². The summed E-state index contributed by atoms with van der Waals surface area (Å²) in [6, 6.07) is -0.469. The molecule has 0 unspecified atom stereocenters. The van der Waals surface area contributed by atoms with Gasteiger partial charge >= 0.3 is 18.0 Å². The highest BCUT2D eigenvalue weighted by atomic mass is 16.4. The number of aliphatic carboxylic acids is 2. The number of urea groups is 1. The molecule has 0 radical (unpaired) electrons. The van der Waals surface area contributed by atoms with Gasteiger partial charge in [-0.05, 0) is 6.08 Å². The van der Waals surface area contributed by atoms with Crippen molar-refractivity contribution in [3.8, 4) is 0 Å². The van der Waals surface area contributed by atoms with Gasteiger partial charge in [-0.1, -0.05) is 0 Å². The molecule has 1 aliphatic rings. The summed E-state index contributed by atoms with van der Waals surface area (Å²) < 4.78 is 0. The summed E-state index contributed by atoms with van der Waals surface area (Å²) >= 11 is 0. The summed E-state index contributed by atoms with van der Waals surface area (Å²) in [6.45, 7) is 0.339. The summed E-state index contributed by atoms with van der Waals surface area (Å²) in [6.07, 6.45) is 5.99. The van der Waals surface area contributed by atoms with E-state index in [2.05, 4.69) is 4.99 Å².